The summed E-state index contributed by atoms with van der Waals surface area (Å²) in [5.74, 6) is 1.30. The Morgan fingerprint density at radius 2 is 2.46 bits per heavy atom. The number of imidazole rings is 1. The largest absolute Gasteiger partial charge is 0.479 e. The summed E-state index contributed by atoms with van der Waals surface area (Å²) >= 11 is 0. The molecule has 3 N–H and O–H groups in total. The molecule has 2 rings (SSSR count). The summed E-state index contributed by atoms with van der Waals surface area (Å²) in [5.41, 5.74) is 6.07. The Bertz CT molecular complexity index is 406. The molecule has 0 aliphatic rings. The van der Waals surface area contributed by atoms with Crippen LogP contribution in [0.1, 0.15) is 0 Å². The SMILES string of the molecule is COc1cc(-c2cnc(N)[nH]2)on1. The number of anilines is 1. The number of nitrogen functional groups attached to an aromatic ring is 1. The van der Waals surface area contributed by atoms with E-state index in [1.807, 2.05) is 0 Å². The first-order valence-corrected chi connectivity index (χ1v) is 3.61. The third-order valence-corrected chi connectivity index (χ3v) is 1.56. The van der Waals surface area contributed by atoms with Gasteiger partial charge in [-0.1, -0.05) is 0 Å². The smallest absolute Gasteiger partial charge is 0.254 e. The number of hydrogen-bond acceptors (Lipinski definition) is 5. The molecule has 0 bridgehead atoms. The maximum atomic E-state index is 5.40. The zero-order valence-corrected chi connectivity index (χ0v) is 6.94. The number of nitrogens with one attached hydrogen (secondary N) is 1. The van der Waals surface area contributed by atoms with Gasteiger partial charge in [-0.25, -0.2) is 4.98 Å². The number of nitrogens with two attached hydrogens (primary N) is 1. The summed E-state index contributed by atoms with van der Waals surface area (Å²) in [6, 6.07) is 1.65. The predicted octanol–water partition coefficient (Wildman–Crippen LogP) is 0.655. The first kappa shape index (κ1) is 7.66. The van der Waals surface area contributed by atoms with E-state index in [0.29, 0.717) is 23.3 Å². The van der Waals surface area contributed by atoms with E-state index in [9.17, 15) is 0 Å². The van der Waals surface area contributed by atoms with E-state index in [-0.39, 0.29) is 0 Å². The van der Waals surface area contributed by atoms with Crippen LogP contribution < -0.4 is 10.5 Å². The number of aromatic nitrogens is 3. The molecule has 0 radical (unpaired) electrons. The number of methoxy groups -OCH3 is 1. The molecule has 6 heteroatoms. The van der Waals surface area contributed by atoms with E-state index in [1.54, 1.807) is 12.3 Å². The second-order valence-electron chi connectivity index (χ2n) is 2.42. The summed E-state index contributed by atoms with van der Waals surface area (Å²) in [4.78, 5) is 6.63. The molecule has 0 saturated heterocycles. The first-order valence-electron chi connectivity index (χ1n) is 3.61. The van der Waals surface area contributed by atoms with Gasteiger partial charge in [0.05, 0.1) is 19.4 Å². The molecule has 2 aromatic rings. The van der Waals surface area contributed by atoms with Crippen molar-refractivity contribution in [1.82, 2.24) is 15.1 Å². The molecule has 0 saturated carbocycles. The maximum Gasteiger partial charge on any atom is 0.254 e. The average Bonchev–Trinajstić information content (AvgIpc) is 2.71. The van der Waals surface area contributed by atoms with E-state index in [1.165, 1.54) is 7.11 Å². The van der Waals surface area contributed by atoms with Crippen molar-refractivity contribution >= 4 is 5.95 Å². The highest BCUT2D eigenvalue weighted by Crippen LogP contribution is 2.21. The molecule has 0 aromatic carbocycles. The fourth-order valence-electron chi connectivity index (χ4n) is 0.944. The van der Waals surface area contributed by atoms with E-state index >= 15 is 0 Å². The van der Waals surface area contributed by atoms with Crippen molar-refractivity contribution in [3.8, 4) is 17.3 Å². The Hall–Kier alpha value is -1.98. The number of H-pyrrole nitrogens is 1. The Morgan fingerprint density at radius 3 is 3.00 bits per heavy atom. The molecule has 2 heterocycles. The number of ether oxygens (including phenoxy) is 1. The molecule has 0 amide bonds. The minimum atomic E-state index is 0.338. The number of hydrogen-bond donors (Lipinski definition) is 2. The fraction of sp³-hybridized carbons (Fsp3) is 0.143. The highest BCUT2D eigenvalue weighted by atomic mass is 16.5. The molecule has 0 fully saturated rings. The van der Waals surface area contributed by atoms with Crippen LogP contribution in [0.3, 0.4) is 0 Å². The summed E-state index contributed by atoms with van der Waals surface area (Å²) in [6.07, 6.45) is 1.56. The van der Waals surface area contributed by atoms with Crippen LogP contribution in [0.2, 0.25) is 0 Å². The zero-order chi connectivity index (χ0) is 9.26. The number of rotatable bonds is 2. The Morgan fingerprint density at radius 1 is 1.62 bits per heavy atom. The number of nitrogens with zero attached hydrogens (tertiary/aromatic N) is 2. The van der Waals surface area contributed by atoms with Crippen LogP contribution in [-0.4, -0.2) is 22.2 Å². The van der Waals surface area contributed by atoms with E-state index in [0.717, 1.165) is 0 Å². The molecule has 13 heavy (non-hydrogen) atoms. The second-order valence-corrected chi connectivity index (χ2v) is 2.42. The minimum absolute atomic E-state index is 0.338. The van der Waals surface area contributed by atoms with Crippen LogP contribution in [0, 0.1) is 0 Å². The highest BCUT2D eigenvalue weighted by Gasteiger charge is 2.08. The van der Waals surface area contributed by atoms with Crippen molar-refractivity contribution in [2.24, 2.45) is 0 Å². The van der Waals surface area contributed by atoms with E-state index in [4.69, 9.17) is 15.0 Å². The quantitative estimate of drug-likeness (QED) is 0.708. The van der Waals surface area contributed by atoms with Gasteiger partial charge in [0.2, 0.25) is 0 Å². The van der Waals surface area contributed by atoms with Gasteiger partial charge >= 0.3 is 0 Å². The molecular weight excluding hydrogens is 172 g/mol. The number of aromatic amines is 1. The van der Waals surface area contributed by atoms with Gasteiger partial charge in [-0.3, -0.25) is 0 Å². The van der Waals surface area contributed by atoms with Crippen molar-refractivity contribution in [2.45, 2.75) is 0 Å². The van der Waals surface area contributed by atoms with Crippen molar-refractivity contribution in [1.29, 1.82) is 0 Å². The lowest BCUT2D eigenvalue weighted by Gasteiger charge is -1.85. The van der Waals surface area contributed by atoms with Crippen molar-refractivity contribution in [3.05, 3.63) is 12.3 Å². The van der Waals surface area contributed by atoms with Gasteiger partial charge in [-0.2, -0.15) is 0 Å². The predicted molar refractivity (Wildman–Crippen MR) is 45.0 cm³/mol. The molecule has 6 nitrogen and oxygen atoms in total. The summed E-state index contributed by atoms with van der Waals surface area (Å²) in [5, 5.41) is 3.63. The van der Waals surface area contributed by atoms with Gasteiger partial charge in [0.25, 0.3) is 5.88 Å². The van der Waals surface area contributed by atoms with Gasteiger partial charge < -0.3 is 20.0 Å². The maximum absolute atomic E-state index is 5.40. The molecular formula is C7H8N4O2. The lowest BCUT2D eigenvalue weighted by Crippen LogP contribution is -1.85. The van der Waals surface area contributed by atoms with Gasteiger partial charge in [0, 0.05) is 0 Å². The first-order chi connectivity index (χ1) is 6.29. The molecule has 0 atom stereocenters. The van der Waals surface area contributed by atoms with Crippen molar-refractivity contribution in [3.63, 3.8) is 0 Å². The molecule has 0 aliphatic carbocycles. The van der Waals surface area contributed by atoms with Crippen LogP contribution in [0.4, 0.5) is 5.95 Å². The van der Waals surface area contributed by atoms with Gasteiger partial charge in [0.1, 0.15) is 5.69 Å². The van der Waals surface area contributed by atoms with Gasteiger partial charge in [-0.15, -0.1) is 0 Å². The minimum Gasteiger partial charge on any atom is -0.479 e. The van der Waals surface area contributed by atoms with Crippen molar-refractivity contribution in [2.75, 3.05) is 12.8 Å². The Kier molecular flexibility index (Phi) is 1.66. The lowest BCUT2D eigenvalue weighted by molar-refractivity contribution is 0.342. The molecule has 68 valence electrons. The molecule has 0 unspecified atom stereocenters. The van der Waals surface area contributed by atoms with Crippen LogP contribution >= 0.6 is 0 Å². The molecule has 0 spiro atoms. The van der Waals surface area contributed by atoms with Crippen LogP contribution in [0.25, 0.3) is 11.5 Å². The normalized spacial score (nSPS) is 10.2. The average molecular weight is 180 g/mol. The van der Waals surface area contributed by atoms with E-state index < -0.39 is 0 Å². The Labute approximate surface area is 73.7 Å². The van der Waals surface area contributed by atoms with Gasteiger partial charge in [0.15, 0.2) is 11.7 Å². The zero-order valence-electron chi connectivity index (χ0n) is 6.94. The second kappa shape index (κ2) is 2.81. The van der Waals surface area contributed by atoms with Crippen LogP contribution in [-0.2, 0) is 0 Å². The summed E-state index contributed by atoms with van der Waals surface area (Å²) < 4.78 is 9.81. The fourth-order valence-corrected chi connectivity index (χ4v) is 0.944. The molecule has 2 aromatic heterocycles. The third kappa shape index (κ3) is 1.33. The molecule has 0 aliphatic heterocycles. The summed E-state index contributed by atoms with van der Waals surface area (Å²) in [7, 11) is 1.52. The van der Waals surface area contributed by atoms with Crippen molar-refractivity contribution < 1.29 is 9.26 Å². The topological polar surface area (TPSA) is 90.0 Å². The monoisotopic (exact) mass is 180 g/mol. The van der Waals surface area contributed by atoms with Crippen LogP contribution in [0.5, 0.6) is 5.88 Å². The standard InChI is InChI=1S/C7H8N4O2/c1-12-6-2-5(13-11-6)4-3-9-7(8)10-4/h2-3H,1H3,(H3,8,9,10). The lowest BCUT2D eigenvalue weighted by atomic mass is 10.4. The van der Waals surface area contributed by atoms with Crippen LogP contribution in [0.15, 0.2) is 16.8 Å². The van der Waals surface area contributed by atoms with Gasteiger partial charge in [-0.05, 0) is 5.16 Å². The van der Waals surface area contributed by atoms with E-state index in [2.05, 4.69) is 15.1 Å². The third-order valence-electron chi connectivity index (χ3n) is 1.56. The Balaban J connectivity index is 2.35. The summed E-state index contributed by atoms with van der Waals surface area (Å²) in [6.45, 7) is 0. The highest BCUT2D eigenvalue weighted by molar-refractivity contribution is 5.53.